The highest BCUT2D eigenvalue weighted by molar-refractivity contribution is 6.38. The van der Waals surface area contributed by atoms with Crippen molar-refractivity contribution in [3.63, 3.8) is 0 Å². The maximum atomic E-state index is 13.1. The molecule has 0 aliphatic carbocycles. The third-order valence-electron chi connectivity index (χ3n) is 5.67. The van der Waals surface area contributed by atoms with Crippen LogP contribution < -0.4 is 16.0 Å². The molecule has 0 fully saturated rings. The average Bonchev–Trinajstić information content (AvgIpc) is 3.29. The van der Waals surface area contributed by atoms with Gasteiger partial charge in [-0.3, -0.25) is 19.5 Å². The third kappa shape index (κ3) is 8.24. The molecule has 3 amide bonds. The molecule has 10 heteroatoms. The summed E-state index contributed by atoms with van der Waals surface area (Å²) in [4.78, 5) is 50.7. The normalized spacial score (nSPS) is 17.5. The van der Waals surface area contributed by atoms with Gasteiger partial charge in [-0.05, 0) is 49.7 Å². The number of nitrogens with one attached hydrogen (secondary N) is 4. The second-order valence-electron chi connectivity index (χ2n) is 9.10. The van der Waals surface area contributed by atoms with Gasteiger partial charge in [0.15, 0.2) is 0 Å². The van der Waals surface area contributed by atoms with Crippen LogP contribution in [-0.4, -0.2) is 52.5 Å². The van der Waals surface area contributed by atoms with Crippen LogP contribution in [0.25, 0.3) is 0 Å². The predicted octanol–water partition coefficient (Wildman–Crippen LogP) is 1.80. The number of benzene rings is 1. The number of Topliss-reactive ketones (excluding diaryl/α,β-unsaturated/α-hetero) is 1. The van der Waals surface area contributed by atoms with Gasteiger partial charge in [-0.1, -0.05) is 44.2 Å². The molecule has 188 valence electrons. The van der Waals surface area contributed by atoms with Gasteiger partial charge in [0.2, 0.25) is 11.7 Å². The summed E-state index contributed by atoms with van der Waals surface area (Å²) in [5.74, 6) is -1.92. The van der Waals surface area contributed by atoms with E-state index in [-0.39, 0.29) is 18.9 Å². The summed E-state index contributed by atoms with van der Waals surface area (Å²) in [7, 11) is 0. The zero-order valence-corrected chi connectivity index (χ0v) is 20.1. The number of aromatic amines is 1. The Morgan fingerprint density at radius 2 is 1.94 bits per heavy atom. The highest BCUT2D eigenvalue weighted by Crippen LogP contribution is 2.11. The molecule has 2 aromatic rings. The topological polar surface area (TPSA) is 142 Å². The minimum absolute atomic E-state index is 0.0651. The molecule has 0 saturated heterocycles. The molecule has 2 atom stereocenters. The van der Waals surface area contributed by atoms with Gasteiger partial charge in [0.25, 0.3) is 5.91 Å². The van der Waals surface area contributed by atoms with Crippen molar-refractivity contribution in [3.05, 3.63) is 53.3 Å². The van der Waals surface area contributed by atoms with E-state index in [9.17, 15) is 19.2 Å². The first-order valence-corrected chi connectivity index (χ1v) is 11.9. The minimum atomic E-state index is -1.04. The number of hydrogen-bond acceptors (Lipinski definition) is 6. The second-order valence-corrected chi connectivity index (χ2v) is 9.10. The molecule has 2 bridgehead atoms. The van der Waals surface area contributed by atoms with E-state index in [0.717, 1.165) is 17.0 Å². The summed E-state index contributed by atoms with van der Waals surface area (Å²) >= 11 is 0. The number of carbonyl (C=O) groups is 4. The number of alkyl carbamates (subject to hydrolysis) is 1. The molecule has 0 spiro atoms. The molecule has 2 heterocycles. The molecule has 1 aromatic carbocycles. The first-order valence-electron chi connectivity index (χ1n) is 11.9. The van der Waals surface area contributed by atoms with Crippen molar-refractivity contribution in [2.45, 2.75) is 64.6 Å². The number of H-pyrrole nitrogens is 1. The van der Waals surface area contributed by atoms with Crippen molar-refractivity contribution in [2.24, 2.45) is 5.92 Å². The number of carbonyl (C=O) groups excluding carboxylic acids is 4. The summed E-state index contributed by atoms with van der Waals surface area (Å²) < 4.78 is 5.25. The summed E-state index contributed by atoms with van der Waals surface area (Å²) in [6.07, 6.45) is 1.58. The summed E-state index contributed by atoms with van der Waals surface area (Å²) in [5, 5.41) is 15.1. The SMILES string of the molecule is CC(C)CC(NC(=O)OCc1ccccc1)C(=O)NC1CCc2cc([nH]n2)CCCNC(=O)C1=O. The van der Waals surface area contributed by atoms with Gasteiger partial charge in [-0.25, -0.2) is 4.79 Å². The van der Waals surface area contributed by atoms with Gasteiger partial charge in [-0.2, -0.15) is 5.10 Å². The smallest absolute Gasteiger partial charge is 0.408 e. The number of ether oxygens (including phenoxy) is 1. The van der Waals surface area contributed by atoms with E-state index in [1.54, 1.807) is 0 Å². The quantitative estimate of drug-likeness (QED) is 0.443. The lowest BCUT2D eigenvalue weighted by Gasteiger charge is -2.23. The van der Waals surface area contributed by atoms with Crippen LogP contribution in [0.3, 0.4) is 0 Å². The van der Waals surface area contributed by atoms with E-state index >= 15 is 0 Å². The number of ketones is 1. The van der Waals surface area contributed by atoms with Crippen LogP contribution in [0.2, 0.25) is 0 Å². The molecule has 4 N–H and O–H groups in total. The van der Waals surface area contributed by atoms with E-state index in [2.05, 4.69) is 26.1 Å². The Morgan fingerprint density at radius 3 is 2.69 bits per heavy atom. The Hall–Kier alpha value is -3.69. The highest BCUT2D eigenvalue weighted by Gasteiger charge is 2.31. The van der Waals surface area contributed by atoms with Crippen LogP contribution in [0.5, 0.6) is 0 Å². The largest absolute Gasteiger partial charge is 0.445 e. The van der Waals surface area contributed by atoms with Crippen LogP contribution in [0, 0.1) is 5.92 Å². The van der Waals surface area contributed by atoms with Gasteiger partial charge < -0.3 is 20.7 Å². The lowest BCUT2D eigenvalue weighted by molar-refractivity contribution is -0.140. The zero-order chi connectivity index (χ0) is 25.2. The number of rotatable bonds is 7. The van der Waals surface area contributed by atoms with Gasteiger partial charge in [0.05, 0.1) is 11.7 Å². The van der Waals surface area contributed by atoms with Gasteiger partial charge in [-0.15, -0.1) is 0 Å². The van der Waals surface area contributed by atoms with E-state index in [4.69, 9.17) is 4.74 Å². The van der Waals surface area contributed by atoms with Crippen LogP contribution >= 0.6 is 0 Å². The third-order valence-corrected chi connectivity index (χ3v) is 5.67. The van der Waals surface area contributed by atoms with Crippen molar-refractivity contribution < 1.29 is 23.9 Å². The van der Waals surface area contributed by atoms with E-state index in [0.29, 0.717) is 32.2 Å². The Labute approximate surface area is 204 Å². The fraction of sp³-hybridized carbons (Fsp3) is 0.480. The van der Waals surface area contributed by atoms with Gasteiger partial charge in [0.1, 0.15) is 12.6 Å². The van der Waals surface area contributed by atoms with E-state index < -0.39 is 35.8 Å². The fourth-order valence-corrected chi connectivity index (χ4v) is 3.83. The molecule has 1 aromatic heterocycles. The maximum absolute atomic E-state index is 13.1. The Bertz CT molecular complexity index is 1020. The molecule has 2 unspecified atom stereocenters. The number of nitrogens with zero attached hydrogens (tertiary/aromatic N) is 1. The Balaban J connectivity index is 1.66. The number of amides is 3. The molecule has 1 aliphatic rings. The molecule has 10 nitrogen and oxygen atoms in total. The van der Waals surface area contributed by atoms with Crippen molar-refractivity contribution in [1.29, 1.82) is 0 Å². The van der Waals surface area contributed by atoms with Crippen LogP contribution in [0.15, 0.2) is 36.4 Å². The van der Waals surface area contributed by atoms with Crippen molar-refractivity contribution in [1.82, 2.24) is 26.1 Å². The average molecular weight is 484 g/mol. The lowest BCUT2D eigenvalue weighted by atomic mass is 10.00. The van der Waals surface area contributed by atoms with Crippen molar-refractivity contribution >= 4 is 23.7 Å². The Kier molecular flexibility index (Phi) is 9.39. The van der Waals surface area contributed by atoms with Crippen molar-refractivity contribution in [2.75, 3.05) is 6.54 Å². The summed E-state index contributed by atoms with van der Waals surface area (Å²) in [6.45, 7) is 4.24. The van der Waals surface area contributed by atoms with Crippen LogP contribution in [0.1, 0.15) is 50.1 Å². The number of aryl methyl sites for hydroxylation is 2. The number of fused-ring (bicyclic) bond motifs is 2. The van der Waals surface area contributed by atoms with Crippen LogP contribution in [0.4, 0.5) is 4.79 Å². The van der Waals surface area contributed by atoms with Crippen molar-refractivity contribution in [3.8, 4) is 0 Å². The highest BCUT2D eigenvalue weighted by atomic mass is 16.5. The zero-order valence-electron chi connectivity index (χ0n) is 20.1. The van der Waals surface area contributed by atoms with Crippen LogP contribution in [-0.2, 0) is 38.6 Å². The molecule has 1 aliphatic heterocycles. The van der Waals surface area contributed by atoms with Gasteiger partial charge >= 0.3 is 6.09 Å². The van der Waals surface area contributed by atoms with E-state index in [1.807, 2.05) is 50.2 Å². The summed E-state index contributed by atoms with van der Waals surface area (Å²) in [5.41, 5.74) is 2.53. The Morgan fingerprint density at radius 1 is 1.17 bits per heavy atom. The molecule has 0 radical (unpaired) electrons. The first kappa shape index (κ1) is 25.9. The fourth-order valence-electron chi connectivity index (χ4n) is 3.83. The lowest BCUT2D eigenvalue weighted by Crippen LogP contribution is -2.54. The molecule has 3 rings (SSSR count). The predicted molar refractivity (Wildman–Crippen MR) is 128 cm³/mol. The minimum Gasteiger partial charge on any atom is -0.445 e. The number of hydrogen-bond donors (Lipinski definition) is 4. The monoisotopic (exact) mass is 483 g/mol. The summed E-state index contributed by atoms with van der Waals surface area (Å²) in [6, 6.07) is 9.16. The molecular formula is C25H33N5O5. The standard InChI is InChI=1S/C25H33N5O5/c1-16(2)13-21(28-25(34)35-15-17-7-4-3-5-8-17)23(32)27-20-11-10-19-14-18(29-30-19)9-6-12-26-24(33)22(20)31/h3-5,7-8,14,16,20-21H,6,9-13,15H2,1-2H3,(H,26,33)(H,27,32)(H,28,34)(H,29,30). The van der Waals surface area contributed by atoms with Gasteiger partial charge in [0, 0.05) is 12.2 Å². The molecule has 0 saturated carbocycles. The van der Waals surface area contributed by atoms with E-state index in [1.165, 1.54) is 0 Å². The first-order chi connectivity index (χ1) is 16.8. The second kappa shape index (κ2) is 12.7. The number of aromatic nitrogens is 2. The molecule has 35 heavy (non-hydrogen) atoms. The maximum Gasteiger partial charge on any atom is 0.408 e. The molecular weight excluding hydrogens is 450 g/mol.